The molecule has 3 fully saturated rings. The minimum absolute atomic E-state index is 0.380. The molecule has 3 aliphatic heterocycles. The predicted octanol–water partition coefficient (Wildman–Crippen LogP) is 10.5. The molecule has 8 nitrogen and oxygen atoms in total. The molecule has 0 bridgehead atoms. The predicted molar refractivity (Wildman–Crippen MR) is 226 cm³/mol. The number of hydrogen-bond donors (Lipinski definition) is 0. The molecular formula is C46H72N8. The average Bonchev–Trinajstić information content (AvgIpc) is 3.22. The summed E-state index contributed by atoms with van der Waals surface area (Å²) in [6.45, 7) is 25.4. The Balaban J connectivity index is 0.872. The Hall–Kier alpha value is -3.29. The summed E-state index contributed by atoms with van der Waals surface area (Å²) < 4.78 is 0. The summed E-state index contributed by atoms with van der Waals surface area (Å²) >= 11 is 0. The van der Waals surface area contributed by atoms with Crippen molar-refractivity contribution in [3.63, 3.8) is 0 Å². The molecule has 3 aliphatic rings. The molecule has 0 aliphatic carbocycles. The lowest BCUT2D eigenvalue weighted by Gasteiger charge is -2.36. The van der Waals surface area contributed by atoms with Gasteiger partial charge in [-0.3, -0.25) is 9.97 Å². The van der Waals surface area contributed by atoms with E-state index in [2.05, 4.69) is 106 Å². The Morgan fingerprint density at radius 1 is 0.481 bits per heavy atom. The highest BCUT2D eigenvalue weighted by Gasteiger charge is 2.28. The molecule has 4 atom stereocenters. The van der Waals surface area contributed by atoms with Gasteiger partial charge < -0.3 is 14.7 Å². The van der Waals surface area contributed by atoms with Crippen LogP contribution in [0.5, 0.6) is 0 Å². The zero-order chi connectivity index (χ0) is 38.2. The Bertz CT molecular complexity index is 1520. The molecule has 0 saturated carbocycles. The molecule has 8 heteroatoms. The summed E-state index contributed by atoms with van der Waals surface area (Å²) in [7, 11) is 0. The Kier molecular flexibility index (Phi) is 14.2. The van der Waals surface area contributed by atoms with Crippen LogP contribution in [0, 0.1) is 35.5 Å². The highest BCUT2D eigenvalue weighted by Crippen LogP contribution is 2.35. The normalized spacial score (nSPS) is 20.4. The van der Waals surface area contributed by atoms with Crippen molar-refractivity contribution in [3.05, 3.63) is 60.3 Å². The number of piperidine rings is 3. The number of nitrogens with zero attached hydrogens (tertiary/aromatic N) is 8. The van der Waals surface area contributed by atoms with Gasteiger partial charge in [0.15, 0.2) is 0 Å². The van der Waals surface area contributed by atoms with Crippen LogP contribution < -0.4 is 14.7 Å². The largest absolute Gasteiger partial charge is 0.370 e. The summed E-state index contributed by atoms with van der Waals surface area (Å²) in [6, 6.07) is 4.61. The zero-order valence-corrected chi connectivity index (χ0v) is 35.1. The lowest BCUT2D eigenvalue weighted by Crippen LogP contribution is -2.36. The monoisotopic (exact) mass is 737 g/mol. The molecule has 0 aromatic carbocycles. The molecule has 296 valence electrons. The van der Waals surface area contributed by atoms with Crippen LogP contribution in [0.1, 0.15) is 155 Å². The highest BCUT2D eigenvalue weighted by atomic mass is 15.2. The highest BCUT2D eigenvalue weighted by molar-refractivity contribution is 5.45. The quantitative estimate of drug-likeness (QED) is 0.153. The Morgan fingerprint density at radius 2 is 0.981 bits per heavy atom. The fraction of sp³-hybridized carbons (Fsp3) is 0.717. The second kappa shape index (κ2) is 19.0. The van der Waals surface area contributed by atoms with Crippen LogP contribution in [0.2, 0.25) is 0 Å². The third-order valence-electron chi connectivity index (χ3n) is 14.0. The summed E-state index contributed by atoms with van der Waals surface area (Å²) in [5.74, 6) is 8.00. The first-order valence-electron chi connectivity index (χ1n) is 21.9. The maximum absolute atomic E-state index is 4.95. The lowest BCUT2D eigenvalue weighted by molar-refractivity contribution is 0.269. The van der Waals surface area contributed by atoms with E-state index in [1.54, 1.807) is 0 Å². The Labute approximate surface area is 328 Å². The maximum Gasteiger partial charge on any atom is 0.147 e. The van der Waals surface area contributed by atoms with Crippen LogP contribution in [-0.4, -0.2) is 64.2 Å². The second-order valence-corrected chi connectivity index (χ2v) is 18.3. The zero-order valence-electron chi connectivity index (χ0n) is 35.1. The molecule has 3 aromatic rings. The first kappa shape index (κ1) is 40.4. The van der Waals surface area contributed by atoms with Gasteiger partial charge >= 0.3 is 0 Å². The molecule has 0 N–H and O–H groups in total. The number of anilines is 3. The van der Waals surface area contributed by atoms with Gasteiger partial charge in [0.1, 0.15) is 11.6 Å². The van der Waals surface area contributed by atoms with E-state index in [0.717, 1.165) is 79.5 Å². The van der Waals surface area contributed by atoms with Crippen LogP contribution in [0.4, 0.5) is 17.2 Å². The van der Waals surface area contributed by atoms with Crippen molar-refractivity contribution in [2.45, 2.75) is 137 Å². The smallest absolute Gasteiger partial charge is 0.147 e. The van der Waals surface area contributed by atoms with Crippen LogP contribution >= 0.6 is 0 Å². The van der Waals surface area contributed by atoms with E-state index in [-0.39, 0.29) is 0 Å². The van der Waals surface area contributed by atoms with E-state index in [0.29, 0.717) is 23.7 Å². The summed E-state index contributed by atoms with van der Waals surface area (Å²) in [5.41, 5.74) is 4.81. The summed E-state index contributed by atoms with van der Waals surface area (Å²) in [5, 5.41) is 0. The van der Waals surface area contributed by atoms with Crippen molar-refractivity contribution in [2.24, 2.45) is 35.5 Å². The number of hydrogen-bond acceptors (Lipinski definition) is 8. The molecule has 6 rings (SSSR count). The van der Waals surface area contributed by atoms with Gasteiger partial charge in [0.25, 0.3) is 0 Å². The van der Waals surface area contributed by atoms with Crippen LogP contribution in [-0.2, 0) is 0 Å². The van der Waals surface area contributed by atoms with E-state index in [1.807, 2.05) is 12.4 Å². The van der Waals surface area contributed by atoms with E-state index in [1.165, 1.54) is 87.9 Å². The second-order valence-electron chi connectivity index (χ2n) is 18.3. The van der Waals surface area contributed by atoms with Crippen molar-refractivity contribution in [1.29, 1.82) is 0 Å². The first-order valence-corrected chi connectivity index (χ1v) is 21.9. The molecule has 3 saturated heterocycles. The Morgan fingerprint density at radius 3 is 1.48 bits per heavy atom. The van der Waals surface area contributed by atoms with Crippen molar-refractivity contribution < 1.29 is 0 Å². The molecule has 4 unspecified atom stereocenters. The van der Waals surface area contributed by atoms with Gasteiger partial charge in [-0.15, -0.1) is 0 Å². The molecular weight excluding hydrogens is 665 g/mol. The molecule has 0 amide bonds. The van der Waals surface area contributed by atoms with Gasteiger partial charge in [0.05, 0.1) is 48.1 Å². The van der Waals surface area contributed by atoms with E-state index in [4.69, 9.17) is 19.9 Å². The van der Waals surface area contributed by atoms with Gasteiger partial charge in [-0.1, -0.05) is 55.4 Å². The molecule has 6 heterocycles. The van der Waals surface area contributed by atoms with Crippen LogP contribution in [0.25, 0.3) is 0 Å². The summed E-state index contributed by atoms with van der Waals surface area (Å²) in [4.78, 5) is 31.6. The topological polar surface area (TPSA) is 74.2 Å². The fourth-order valence-electron chi connectivity index (χ4n) is 9.44. The average molecular weight is 737 g/mol. The fourth-order valence-corrected chi connectivity index (χ4v) is 9.44. The van der Waals surface area contributed by atoms with E-state index >= 15 is 0 Å². The molecule has 3 aromatic heterocycles. The molecule has 0 radical (unpaired) electrons. The SMILES string of the molecule is CC(C)c1cnc(N2CCC(C(C)CCC(C)c3ncc(N4CCC(C(C)CCC(C)c5ccc(N6CCC(C(C)C)CC6)cn5)CC4)cn3)CC2)cn1. The third-order valence-corrected chi connectivity index (χ3v) is 14.0. The lowest BCUT2D eigenvalue weighted by atomic mass is 9.81. The van der Waals surface area contributed by atoms with E-state index in [9.17, 15) is 0 Å². The van der Waals surface area contributed by atoms with Crippen molar-refractivity contribution in [3.8, 4) is 0 Å². The number of aromatic nitrogens is 5. The van der Waals surface area contributed by atoms with Gasteiger partial charge in [-0.2, -0.15) is 0 Å². The van der Waals surface area contributed by atoms with Crippen molar-refractivity contribution in [1.82, 2.24) is 24.9 Å². The molecule has 54 heavy (non-hydrogen) atoms. The van der Waals surface area contributed by atoms with Gasteiger partial charge in [-0.25, -0.2) is 15.0 Å². The standard InChI is InChI=1S/C46H72N8/c1-32(2)38-15-21-52(22-16-38)41-13-14-43(47-27-41)36(7)11-9-34(5)39-17-23-53(24-18-39)42-28-50-46(51-29-42)37(8)12-10-35(6)40-19-25-54(26-20-40)45-31-48-44(30-49-45)33(3)4/h13-14,27-40H,9-12,15-26H2,1-8H3. The minimum atomic E-state index is 0.380. The van der Waals surface area contributed by atoms with Crippen LogP contribution in [0.15, 0.2) is 43.1 Å². The third kappa shape index (κ3) is 10.5. The maximum atomic E-state index is 4.95. The van der Waals surface area contributed by atoms with E-state index < -0.39 is 0 Å². The number of rotatable bonds is 15. The first-order chi connectivity index (χ1) is 26.0. The van der Waals surface area contributed by atoms with Gasteiger partial charge in [0.2, 0.25) is 0 Å². The number of pyridine rings is 1. The van der Waals surface area contributed by atoms with Crippen molar-refractivity contribution in [2.75, 3.05) is 54.0 Å². The van der Waals surface area contributed by atoms with Crippen molar-refractivity contribution >= 4 is 17.2 Å². The van der Waals surface area contributed by atoms with Gasteiger partial charge in [-0.05, 0) is 124 Å². The summed E-state index contributed by atoms with van der Waals surface area (Å²) in [6.07, 6.45) is 22.7. The van der Waals surface area contributed by atoms with Gasteiger partial charge in [0, 0.05) is 50.9 Å². The molecule has 0 spiro atoms. The minimum Gasteiger partial charge on any atom is -0.370 e. The van der Waals surface area contributed by atoms with Crippen LogP contribution in [0.3, 0.4) is 0 Å².